The maximum atomic E-state index is 6.14. The average Bonchev–Trinajstić information content (AvgIpc) is 3.39. The van der Waals surface area contributed by atoms with Gasteiger partial charge in [0.1, 0.15) is 11.9 Å². The van der Waals surface area contributed by atoms with Crippen LogP contribution in [-0.2, 0) is 6.42 Å². The fraction of sp³-hybridized carbons (Fsp3) is 0.227. The number of halogens is 1. The van der Waals surface area contributed by atoms with Gasteiger partial charge in [0.2, 0.25) is 0 Å². The minimum absolute atomic E-state index is 0.220. The first-order valence-corrected chi connectivity index (χ1v) is 10.6. The quantitative estimate of drug-likeness (QED) is 0.451. The van der Waals surface area contributed by atoms with E-state index in [-0.39, 0.29) is 6.04 Å². The number of benzene rings is 1. The first-order valence-electron chi connectivity index (χ1n) is 9.41. The Morgan fingerprint density at radius 2 is 1.93 bits per heavy atom. The van der Waals surface area contributed by atoms with Gasteiger partial charge in [-0.1, -0.05) is 28.9 Å². The molecule has 0 spiro atoms. The summed E-state index contributed by atoms with van der Waals surface area (Å²) >= 11 is 7.92. The van der Waals surface area contributed by atoms with Gasteiger partial charge in [0.25, 0.3) is 0 Å². The van der Waals surface area contributed by atoms with E-state index in [9.17, 15) is 0 Å². The number of imidazole rings is 1. The molecule has 4 heterocycles. The summed E-state index contributed by atoms with van der Waals surface area (Å²) in [4.78, 5) is 15.2. The third-order valence-corrected chi connectivity index (χ3v) is 6.86. The van der Waals surface area contributed by atoms with E-state index in [1.54, 1.807) is 17.5 Å². The number of nitrogens with one attached hydrogen (secondary N) is 1. The lowest BCUT2D eigenvalue weighted by Crippen LogP contribution is -2.08. The SMILES string of the molecule is Cc1noc2c1-c1sc(C)c(C)c1C(c1ccc(Cl)cc1)=N[C@H]2Cc1ncc[nH]1. The van der Waals surface area contributed by atoms with Gasteiger partial charge in [-0.15, -0.1) is 11.3 Å². The number of hydrogen-bond donors (Lipinski definition) is 1. The summed E-state index contributed by atoms with van der Waals surface area (Å²) in [6, 6.07) is 7.65. The molecule has 1 aromatic carbocycles. The number of nitrogens with zero attached hydrogens (tertiary/aromatic N) is 3. The highest BCUT2D eigenvalue weighted by molar-refractivity contribution is 7.16. The molecule has 1 atom stereocenters. The minimum Gasteiger partial charge on any atom is -0.358 e. The van der Waals surface area contributed by atoms with E-state index in [1.807, 2.05) is 37.4 Å². The van der Waals surface area contributed by atoms with Crippen LogP contribution < -0.4 is 0 Å². The van der Waals surface area contributed by atoms with Crippen LogP contribution >= 0.6 is 22.9 Å². The molecule has 5 rings (SSSR count). The number of hydrogen-bond acceptors (Lipinski definition) is 5. The van der Waals surface area contributed by atoms with Crippen LogP contribution in [-0.4, -0.2) is 20.8 Å². The molecule has 0 aliphatic carbocycles. The number of thiophene rings is 1. The maximum absolute atomic E-state index is 6.14. The molecule has 0 amide bonds. The minimum atomic E-state index is -0.220. The molecule has 0 bridgehead atoms. The molecule has 0 radical (unpaired) electrons. The van der Waals surface area contributed by atoms with Crippen molar-refractivity contribution in [3.05, 3.63) is 80.5 Å². The van der Waals surface area contributed by atoms with Gasteiger partial charge in [0.05, 0.1) is 17.0 Å². The van der Waals surface area contributed by atoms with E-state index in [0.717, 1.165) is 39.7 Å². The third kappa shape index (κ3) is 3.03. The van der Waals surface area contributed by atoms with Crippen molar-refractivity contribution >= 4 is 28.6 Å². The molecule has 146 valence electrons. The van der Waals surface area contributed by atoms with Crippen LogP contribution in [0.1, 0.15) is 44.9 Å². The largest absolute Gasteiger partial charge is 0.358 e. The number of aromatic amines is 1. The van der Waals surface area contributed by atoms with Gasteiger partial charge in [-0.05, 0) is 38.5 Å². The molecule has 4 aromatic rings. The van der Waals surface area contributed by atoms with Gasteiger partial charge in [-0.3, -0.25) is 4.99 Å². The van der Waals surface area contributed by atoms with E-state index in [2.05, 4.69) is 29.0 Å². The maximum Gasteiger partial charge on any atom is 0.170 e. The van der Waals surface area contributed by atoms with Crippen LogP contribution in [0.3, 0.4) is 0 Å². The summed E-state index contributed by atoms with van der Waals surface area (Å²) in [6.45, 7) is 6.30. The number of fused-ring (bicyclic) bond motifs is 3. The molecule has 1 aliphatic rings. The summed E-state index contributed by atoms with van der Waals surface area (Å²) in [5.74, 6) is 1.66. The van der Waals surface area contributed by atoms with Crippen molar-refractivity contribution in [1.29, 1.82) is 0 Å². The number of rotatable bonds is 3. The molecular weight excluding hydrogens is 404 g/mol. The number of aromatic nitrogens is 3. The van der Waals surface area contributed by atoms with Crippen molar-refractivity contribution in [1.82, 2.24) is 15.1 Å². The second kappa shape index (κ2) is 6.97. The Morgan fingerprint density at radius 1 is 1.14 bits per heavy atom. The van der Waals surface area contributed by atoms with Gasteiger partial charge in [0.15, 0.2) is 5.76 Å². The Balaban J connectivity index is 1.78. The molecule has 0 fully saturated rings. The lowest BCUT2D eigenvalue weighted by Gasteiger charge is -2.12. The lowest BCUT2D eigenvalue weighted by atomic mass is 9.96. The van der Waals surface area contributed by atoms with Crippen molar-refractivity contribution in [3.63, 3.8) is 0 Å². The molecule has 5 nitrogen and oxygen atoms in total. The highest BCUT2D eigenvalue weighted by atomic mass is 35.5. The predicted molar refractivity (Wildman–Crippen MR) is 116 cm³/mol. The predicted octanol–water partition coefficient (Wildman–Crippen LogP) is 5.84. The van der Waals surface area contributed by atoms with Crippen molar-refractivity contribution in [2.75, 3.05) is 0 Å². The first kappa shape index (κ1) is 18.3. The molecule has 1 N–H and O–H groups in total. The molecule has 29 heavy (non-hydrogen) atoms. The molecular formula is C22H19ClN4OS. The van der Waals surface area contributed by atoms with E-state index in [0.29, 0.717) is 11.4 Å². The smallest absolute Gasteiger partial charge is 0.170 e. The van der Waals surface area contributed by atoms with E-state index in [1.165, 1.54) is 15.3 Å². The Bertz CT molecular complexity index is 1220. The first-order chi connectivity index (χ1) is 14.0. The summed E-state index contributed by atoms with van der Waals surface area (Å²) in [5.41, 5.74) is 6.34. The zero-order valence-corrected chi connectivity index (χ0v) is 17.9. The standard InChI is InChI=1S/C22H19ClN4OS/c1-11-13(3)29-22-18(11)20(14-4-6-15(23)7-5-14)26-16(10-17-24-8-9-25-17)21-19(22)12(2)27-28-21/h4-9,16H,10H2,1-3H3,(H,24,25)/t16-/m0/s1. The van der Waals surface area contributed by atoms with E-state index < -0.39 is 0 Å². The normalized spacial score (nSPS) is 15.6. The van der Waals surface area contributed by atoms with Crippen molar-refractivity contribution in [2.24, 2.45) is 4.99 Å². The molecule has 7 heteroatoms. The highest BCUT2D eigenvalue weighted by Crippen LogP contribution is 2.46. The number of aliphatic imine (C=N–C) groups is 1. The average molecular weight is 423 g/mol. The molecule has 0 unspecified atom stereocenters. The molecule has 1 aliphatic heterocycles. The Kier molecular flexibility index (Phi) is 4.41. The fourth-order valence-corrected chi connectivity index (χ4v) is 5.21. The summed E-state index contributed by atoms with van der Waals surface area (Å²) in [7, 11) is 0. The monoisotopic (exact) mass is 422 g/mol. The zero-order chi connectivity index (χ0) is 20.1. The molecule has 0 saturated carbocycles. The fourth-order valence-electron chi connectivity index (χ4n) is 3.82. The molecule has 0 saturated heterocycles. The van der Waals surface area contributed by atoms with Crippen molar-refractivity contribution in [2.45, 2.75) is 33.2 Å². The summed E-state index contributed by atoms with van der Waals surface area (Å²) in [6.07, 6.45) is 4.19. The lowest BCUT2D eigenvalue weighted by molar-refractivity contribution is 0.358. The van der Waals surface area contributed by atoms with Gasteiger partial charge >= 0.3 is 0 Å². The van der Waals surface area contributed by atoms with Crippen LogP contribution in [0.2, 0.25) is 5.02 Å². The van der Waals surface area contributed by atoms with Crippen LogP contribution in [0.4, 0.5) is 0 Å². The van der Waals surface area contributed by atoms with E-state index in [4.69, 9.17) is 21.1 Å². The Hall–Kier alpha value is -2.70. The Morgan fingerprint density at radius 3 is 2.66 bits per heavy atom. The van der Waals surface area contributed by atoms with Gasteiger partial charge in [-0.2, -0.15) is 0 Å². The molecule has 3 aromatic heterocycles. The zero-order valence-electron chi connectivity index (χ0n) is 16.3. The number of aryl methyl sites for hydroxylation is 2. The van der Waals surface area contributed by atoms with Crippen LogP contribution in [0, 0.1) is 20.8 Å². The summed E-state index contributed by atoms with van der Waals surface area (Å²) in [5, 5.41) is 4.99. The van der Waals surface area contributed by atoms with E-state index >= 15 is 0 Å². The second-order valence-electron chi connectivity index (χ2n) is 7.23. The van der Waals surface area contributed by atoms with Crippen LogP contribution in [0.15, 0.2) is 46.2 Å². The summed E-state index contributed by atoms with van der Waals surface area (Å²) < 4.78 is 5.82. The Labute approximate surface area is 177 Å². The number of H-pyrrole nitrogens is 1. The van der Waals surface area contributed by atoms with Gasteiger partial charge < -0.3 is 9.51 Å². The highest BCUT2D eigenvalue weighted by Gasteiger charge is 2.33. The van der Waals surface area contributed by atoms with Crippen molar-refractivity contribution < 1.29 is 4.52 Å². The van der Waals surface area contributed by atoms with Gasteiger partial charge in [0, 0.05) is 44.7 Å². The second-order valence-corrected chi connectivity index (χ2v) is 8.90. The third-order valence-electron chi connectivity index (χ3n) is 5.39. The van der Waals surface area contributed by atoms with Crippen LogP contribution in [0.5, 0.6) is 0 Å². The van der Waals surface area contributed by atoms with Crippen molar-refractivity contribution in [3.8, 4) is 10.4 Å². The van der Waals surface area contributed by atoms with Crippen LogP contribution in [0.25, 0.3) is 10.4 Å². The topological polar surface area (TPSA) is 67.1 Å². The van der Waals surface area contributed by atoms with Gasteiger partial charge in [-0.25, -0.2) is 4.98 Å².